The SMILES string of the molecule is CC(Cc1ccc(Br)cc1)NOCC(N)=O. The molecule has 0 saturated carbocycles. The van der Waals surface area contributed by atoms with Gasteiger partial charge in [0.05, 0.1) is 0 Å². The van der Waals surface area contributed by atoms with E-state index in [4.69, 9.17) is 10.6 Å². The van der Waals surface area contributed by atoms with Gasteiger partial charge in [0.2, 0.25) is 5.91 Å². The number of nitrogens with one attached hydrogen (secondary N) is 1. The monoisotopic (exact) mass is 286 g/mol. The van der Waals surface area contributed by atoms with Crippen LogP contribution in [-0.4, -0.2) is 18.6 Å². The third-order valence-corrected chi connectivity index (χ3v) is 2.48. The first-order valence-corrected chi connectivity index (χ1v) is 5.77. The number of hydroxylamine groups is 1. The highest BCUT2D eigenvalue weighted by atomic mass is 79.9. The number of rotatable bonds is 6. The van der Waals surface area contributed by atoms with Gasteiger partial charge in [-0.3, -0.25) is 9.63 Å². The first-order valence-electron chi connectivity index (χ1n) is 4.98. The van der Waals surface area contributed by atoms with E-state index in [9.17, 15) is 4.79 Å². The molecule has 0 spiro atoms. The molecule has 0 heterocycles. The molecule has 0 bridgehead atoms. The van der Waals surface area contributed by atoms with Crippen molar-refractivity contribution >= 4 is 21.8 Å². The van der Waals surface area contributed by atoms with Crippen LogP contribution in [0.2, 0.25) is 0 Å². The molecule has 0 aromatic heterocycles. The van der Waals surface area contributed by atoms with Crippen LogP contribution >= 0.6 is 15.9 Å². The van der Waals surface area contributed by atoms with Crippen LogP contribution in [0.1, 0.15) is 12.5 Å². The number of hydrogen-bond donors (Lipinski definition) is 2. The Kier molecular flexibility index (Phi) is 5.45. The van der Waals surface area contributed by atoms with E-state index in [1.165, 1.54) is 5.56 Å². The van der Waals surface area contributed by atoms with Gasteiger partial charge < -0.3 is 5.73 Å². The van der Waals surface area contributed by atoms with Crippen molar-refractivity contribution in [3.05, 3.63) is 34.3 Å². The first-order chi connectivity index (χ1) is 7.58. The third kappa shape index (κ3) is 5.25. The highest BCUT2D eigenvalue weighted by Gasteiger charge is 2.04. The Morgan fingerprint density at radius 1 is 1.50 bits per heavy atom. The van der Waals surface area contributed by atoms with E-state index in [0.717, 1.165) is 10.9 Å². The molecule has 0 aliphatic rings. The summed E-state index contributed by atoms with van der Waals surface area (Å²) in [6.45, 7) is 1.87. The topological polar surface area (TPSA) is 64.3 Å². The molecule has 1 aromatic rings. The van der Waals surface area contributed by atoms with Gasteiger partial charge in [0.15, 0.2) is 0 Å². The van der Waals surface area contributed by atoms with Crippen LogP contribution in [-0.2, 0) is 16.1 Å². The van der Waals surface area contributed by atoms with Gasteiger partial charge in [0.25, 0.3) is 0 Å². The van der Waals surface area contributed by atoms with Crippen molar-refractivity contribution in [3.8, 4) is 0 Å². The fourth-order valence-corrected chi connectivity index (χ4v) is 1.54. The average molecular weight is 287 g/mol. The molecule has 1 unspecified atom stereocenters. The number of carbonyl (C=O) groups excluding carboxylic acids is 1. The van der Waals surface area contributed by atoms with Gasteiger partial charge in [-0.05, 0) is 31.0 Å². The maximum absolute atomic E-state index is 10.4. The largest absolute Gasteiger partial charge is 0.368 e. The zero-order valence-corrected chi connectivity index (χ0v) is 10.7. The number of benzene rings is 1. The Bertz CT molecular complexity index is 340. The van der Waals surface area contributed by atoms with Crippen molar-refractivity contribution in [2.75, 3.05) is 6.61 Å². The van der Waals surface area contributed by atoms with Crippen LogP contribution in [0, 0.1) is 0 Å². The summed E-state index contributed by atoms with van der Waals surface area (Å²) < 4.78 is 1.06. The number of amides is 1. The maximum Gasteiger partial charge on any atom is 0.245 e. The molecule has 88 valence electrons. The van der Waals surface area contributed by atoms with Gasteiger partial charge in [-0.2, -0.15) is 5.48 Å². The second kappa shape index (κ2) is 6.62. The van der Waals surface area contributed by atoms with Crippen LogP contribution in [0.25, 0.3) is 0 Å². The van der Waals surface area contributed by atoms with Gasteiger partial charge >= 0.3 is 0 Å². The summed E-state index contributed by atoms with van der Waals surface area (Å²) in [5.74, 6) is -0.483. The molecule has 0 radical (unpaired) electrons. The lowest BCUT2D eigenvalue weighted by atomic mass is 10.1. The Morgan fingerprint density at radius 2 is 2.12 bits per heavy atom. The van der Waals surface area contributed by atoms with Crippen LogP contribution in [0.15, 0.2) is 28.7 Å². The number of nitrogens with two attached hydrogens (primary N) is 1. The second-order valence-corrected chi connectivity index (χ2v) is 4.52. The normalized spacial score (nSPS) is 12.4. The van der Waals surface area contributed by atoms with Crippen molar-refractivity contribution in [3.63, 3.8) is 0 Å². The standard InChI is InChI=1S/C11H15BrN2O2/c1-8(14-16-7-11(13)15)6-9-2-4-10(12)5-3-9/h2-5,8,14H,6-7H2,1H3,(H2,13,15). The molecule has 16 heavy (non-hydrogen) atoms. The highest BCUT2D eigenvalue weighted by Crippen LogP contribution is 2.11. The summed E-state index contributed by atoms with van der Waals surface area (Å²) in [4.78, 5) is 15.3. The van der Waals surface area contributed by atoms with E-state index in [0.29, 0.717) is 0 Å². The molecule has 0 aliphatic heterocycles. The molecule has 5 heteroatoms. The Balaban J connectivity index is 2.31. The van der Waals surface area contributed by atoms with Crippen LogP contribution in [0.3, 0.4) is 0 Å². The summed E-state index contributed by atoms with van der Waals surface area (Å²) >= 11 is 3.38. The van der Waals surface area contributed by atoms with E-state index in [1.54, 1.807) is 0 Å². The summed E-state index contributed by atoms with van der Waals surface area (Å²) in [6, 6.07) is 8.19. The molecule has 0 saturated heterocycles. The Hall–Kier alpha value is -0.910. The predicted molar refractivity (Wildman–Crippen MR) is 65.6 cm³/mol. The van der Waals surface area contributed by atoms with Crippen LogP contribution < -0.4 is 11.2 Å². The van der Waals surface area contributed by atoms with Gasteiger partial charge in [-0.1, -0.05) is 28.1 Å². The molecular weight excluding hydrogens is 272 g/mol. The summed E-state index contributed by atoms with van der Waals surface area (Å²) in [7, 11) is 0. The molecule has 1 atom stereocenters. The summed E-state index contributed by atoms with van der Waals surface area (Å²) in [6.07, 6.45) is 0.825. The molecule has 3 N–H and O–H groups in total. The summed E-state index contributed by atoms with van der Waals surface area (Å²) in [5, 5.41) is 0. The van der Waals surface area contributed by atoms with Crippen LogP contribution in [0.4, 0.5) is 0 Å². The fraction of sp³-hybridized carbons (Fsp3) is 0.364. The average Bonchev–Trinajstić information content (AvgIpc) is 2.21. The van der Waals surface area contributed by atoms with Crippen molar-refractivity contribution in [2.45, 2.75) is 19.4 Å². The van der Waals surface area contributed by atoms with E-state index in [1.807, 2.05) is 31.2 Å². The Labute approximate surface area is 103 Å². The number of carbonyl (C=O) groups is 1. The number of primary amides is 1. The number of hydrogen-bond acceptors (Lipinski definition) is 3. The van der Waals surface area contributed by atoms with Gasteiger partial charge in [-0.25, -0.2) is 0 Å². The summed E-state index contributed by atoms with van der Waals surface area (Å²) in [5.41, 5.74) is 8.90. The smallest absolute Gasteiger partial charge is 0.245 e. The lowest BCUT2D eigenvalue weighted by Crippen LogP contribution is -2.32. The van der Waals surface area contributed by atoms with Gasteiger partial charge in [0, 0.05) is 10.5 Å². The highest BCUT2D eigenvalue weighted by molar-refractivity contribution is 9.10. The molecular formula is C11H15BrN2O2. The van der Waals surface area contributed by atoms with E-state index < -0.39 is 5.91 Å². The van der Waals surface area contributed by atoms with E-state index in [2.05, 4.69) is 21.4 Å². The van der Waals surface area contributed by atoms with E-state index >= 15 is 0 Å². The van der Waals surface area contributed by atoms with Crippen molar-refractivity contribution < 1.29 is 9.63 Å². The maximum atomic E-state index is 10.4. The molecule has 1 rings (SSSR count). The molecule has 1 amide bonds. The predicted octanol–water partition coefficient (Wildman–Crippen LogP) is 1.39. The lowest BCUT2D eigenvalue weighted by molar-refractivity contribution is -0.125. The minimum absolute atomic E-state index is 0.106. The van der Waals surface area contributed by atoms with E-state index in [-0.39, 0.29) is 12.6 Å². The second-order valence-electron chi connectivity index (χ2n) is 3.60. The number of halogens is 1. The van der Waals surface area contributed by atoms with Gasteiger partial charge in [0.1, 0.15) is 6.61 Å². The zero-order chi connectivity index (χ0) is 12.0. The van der Waals surface area contributed by atoms with Crippen molar-refractivity contribution in [2.24, 2.45) is 5.73 Å². The van der Waals surface area contributed by atoms with Crippen LogP contribution in [0.5, 0.6) is 0 Å². The molecule has 0 fully saturated rings. The third-order valence-electron chi connectivity index (χ3n) is 1.95. The Morgan fingerprint density at radius 3 is 2.69 bits per heavy atom. The quantitative estimate of drug-likeness (QED) is 0.777. The first kappa shape index (κ1) is 13.2. The molecule has 0 aliphatic carbocycles. The van der Waals surface area contributed by atoms with Crippen molar-refractivity contribution in [1.82, 2.24) is 5.48 Å². The van der Waals surface area contributed by atoms with Gasteiger partial charge in [-0.15, -0.1) is 0 Å². The minimum atomic E-state index is -0.483. The zero-order valence-electron chi connectivity index (χ0n) is 9.07. The van der Waals surface area contributed by atoms with Crippen molar-refractivity contribution in [1.29, 1.82) is 0 Å². The lowest BCUT2D eigenvalue weighted by Gasteiger charge is -2.12. The molecule has 1 aromatic carbocycles. The molecule has 4 nitrogen and oxygen atoms in total. The minimum Gasteiger partial charge on any atom is -0.368 e. The fourth-order valence-electron chi connectivity index (χ4n) is 1.27.